The molecule has 24 heavy (non-hydrogen) atoms. The lowest BCUT2D eigenvalue weighted by atomic mass is 9.50. The van der Waals surface area contributed by atoms with Gasteiger partial charge in [-0.15, -0.1) is 11.3 Å². The zero-order chi connectivity index (χ0) is 16.9. The van der Waals surface area contributed by atoms with Crippen molar-refractivity contribution < 1.29 is 13.2 Å². The lowest BCUT2D eigenvalue weighted by molar-refractivity contribution is -0.185. The zero-order valence-corrected chi connectivity index (χ0v) is 16.1. The summed E-state index contributed by atoms with van der Waals surface area (Å²) in [5.41, 5.74) is -0.300. The van der Waals surface area contributed by atoms with Gasteiger partial charge in [0.25, 0.3) is 0 Å². The first-order valence-corrected chi connectivity index (χ1v) is 11.4. The van der Waals surface area contributed by atoms with Crippen LogP contribution in [0.4, 0.5) is 0 Å². The molecule has 0 aliphatic heterocycles. The van der Waals surface area contributed by atoms with Gasteiger partial charge in [-0.25, -0.2) is 13.1 Å². The molecular formula is C18H27NO3S2. The molecule has 1 heterocycles. The largest absolute Gasteiger partial charge is 0.376 e. The van der Waals surface area contributed by atoms with E-state index in [0.717, 1.165) is 23.1 Å². The summed E-state index contributed by atoms with van der Waals surface area (Å²) in [6.07, 6.45) is 7.09. The summed E-state index contributed by atoms with van der Waals surface area (Å²) in [6, 6.07) is 3.64. The summed E-state index contributed by atoms with van der Waals surface area (Å²) in [4.78, 5) is 1.10. The number of nitrogens with one attached hydrogen (secondary N) is 1. The number of sulfonamides is 1. The van der Waals surface area contributed by atoms with Gasteiger partial charge in [0.05, 0.1) is 5.60 Å². The van der Waals surface area contributed by atoms with E-state index in [0.29, 0.717) is 22.6 Å². The molecule has 0 aromatic carbocycles. The van der Waals surface area contributed by atoms with Gasteiger partial charge in [-0.05, 0) is 74.3 Å². The van der Waals surface area contributed by atoms with Gasteiger partial charge in [0.15, 0.2) is 0 Å². The van der Waals surface area contributed by atoms with Gasteiger partial charge in [0.2, 0.25) is 10.0 Å². The van der Waals surface area contributed by atoms with Crippen molar-refractivity contribution in [2.75, 3.05) is 13.7 Å². The van der Waals surface area contributed by atoms with E-state index in [4.69, 9.17) is 4.74 Å². The predicted octanol–water partition coefficient (Wildman–Crippen LogP) is 3.43. The predicted molar refractivity (Wildman–Crippen MR) is 95.7 cm³/mol. The highest BCUT2D eigenvalue weighted by Gasteiger charge is 2.57. The maximum absolute atomic E-state index is 12.7. The molecule has 4 saturated carbocycles. The van der Waals surface area contributed by atoms with Crippen LogP contribution in [0.2, 0.25) is 0 Å². The maximum Gasteiger partial charge on any atom is 0.250 e. The highest BCUT2D eigenvalue weighted by Crippen LogP contribution is 2.59. The lowest BCUT2D eigenvalue weighted by Crippen LogP contribution is -2.63. The first-order valence-electron chi connectivity index (χ1n) is 9.10. The van der Waals surface area contributed by atoms with Crippen molar-refractivity contribution in [3.63, 3.8) is 0 Å². The Bertz CT molecular complexity index is 682. The summed E-state index contributed by atoms with van der Waals surface area (Å²) in [7, 11) is -1.67. The summed E-state index contributed by atoms with van der Waals surface area (Å²) in [5.74, 6) is 2.71. The SMILES string of the molecule is CCc1ccc(S(=O)(=O)NCC2(OC)C3CC4CC(C3)CC2C4)s1. The van der Waals surface area contributed by atoms with Crippen molar-refractivity contribution in [1.82, 2.24) is 4.72 Å². The standard InChI is InChI=1S/C18H27NO3S2/c1-3-16-4-5-17(23-16)24(20,21)19-11-18(22-2)14-7-12-6-13(9-14)10-15(18)8-12/h4-5,12-15,19H,3,6-11H2,1-2H3. The molecule has 4 nitrogen and oxygen atoms in total. The monoisotopic (exact) mass is 369 g/mol. The van der Waals surface area contributed by atoms with Crippen LogP contribution < -0.4 is 4.72 Å². The minimum Gasteiger partial charge on any atom is -0.376 e. The minimum absolute atomic E-state index is 0.300. The Morgan fingerprint density at radius 3 is 2.29 bits per heavy atom. The molecule has 134 valence electrons. The van der Waals surface area contributed by atoms with Crippen molar-refractivity contribution in [2.45, 2.75) is 55.3 Å². The molecule has 0 unspecified atom stereocenters. The van der Waals surface area contributed by atoms with E-state index in [1.807, 2.05) is 13.0 Å². The van der Waals surface area contributed by atoms with Crippen molar-refractivity contribution in [3.05, 3.63) is 17.0 Å². The summed E-state index contributed by atoms with van der Waals surface area (Å²) in [5, 5.41) is 0. The normalized spacial score (nSPS) is 37.9. The van der Waals surface area contributed by atoms with E-state index in [2.05, 4.69) is 4.72 Å². The molecular weight excluding hydrogens is 342 g/mol. The second-order valence-corrected chi connectivity index (χ2v) is 11.0. The fourth-order valence-electron chi connectivity index (χ4n) is 5.65. The Morgan fingerprint density at radius 1 is 1.17 bits per heavy atom. The maximum atomic E-state index is 12.7. The van der Waals surface area contributed by atoms with Crippen LogP contribution in [0.5, 0.6) is 0 Å². The number of hydrogen-bond acceptors (Lipinski definition) is 4. The summed E-state index contributed by atoms with van der Waals surface area (Å²) < 4.78 is 34.8. The molecule has 1 aromatic heterocycles. The van der Waals surface area contributed by atoms with E-state index in [1.54, 1.807) is 13.2 Å². The average molecular weight is 370 g/mol. The van der Waals surface area contributed by atoms with Gasteiger partial charge in [-0.1, -0.05) is 6.92 Å². The summed E-state index contributed by atoms with van der Waals surface area (Å²) in [6.45, 7) is 2.46. The van der Waals surface area contributed by atoms with Gasteiger partial charge in [-0.3, -0.25) is 0 Å². The van der Waals surface area contributed by atoms with Crippen LogP contribution in [0, 0.1) is 23.7 Å². The lowest BCUT2D eigenvalue weighted by Gasteiger charge is -2.60. The number of rotatable bonds is 6. The van der Waals surface area contributed by atoms with E-state index in [1.165, 1.54) is 43.4 Å². The molecule has 5 rings (SSSR count). The molecule has 0 saturated heterocycles. The Labute approximate surface area is 149 Å². The number of aryl methyl sites for hydroxylation is 1. The quantitative estimate of drug-likeness (QED) is 0.836. The molecule has 4 aliphatic rings. The second-order valence-electron chi connectivity index (χ2n) is 7.86. The number of ether oxygens (including phenoxy) is 1. The highest BCUT2D eigenvalue weighted by molar-refractivity contribution is 7.91. The first-order chi connectivity index (χ1) is 11.5. The molecule has 6 heteroatoms. The Morgan fingerprint density at radius 2 is 1.79 bits per heavy atom. The Hall–Kier alpha value is -0.430. The van der Waals surface area contributed by atoms with Crippen LogP contribution >= 0.6 is 11.3 Å². The minimum atomic E-state index is -3.44. The molecule has 0 radical (unpaired) electrons. The smallest absolute Gasteiger partial charge is 0.250 e. The third kappa shape index (κ3) is 2.66. The van der Waals surface area contributed by atoms with Crippen molar-refractivity contribution >= 4 is 21.4 Å². The van der Waals surface area contributed by atoms with Crippen LogP contribution in [0.25, 0.3) is 0 Å². The second kappa shape index (κ2) is 6.08. The molecule has 4 bridgehead atoms. The molecule has 4 aliphatic carbocycles. The number of hydrogen-bond donors (Lipinski definition) is 1. The molecule has 1 N–H and O–H groups in total. The van der Waals surface area contributed by atoms with Crippen LogP contribution in [-0.2, 0) is 21.2 Å². The van der Waals surface area contributed by atoms with Crippen LogP contribution in [-0.4, -0.2) is 27.7 Å². The van der Waals surface area contributed by atoms with Gasteiger partial charge < -0.3 is 4.74 Å². The average Bonchev–Trinajstić information content (AvgIpc) is 3.04. The number of thiophene rings is 1. The van der Waals surface area contributed by atoms with Crippen molar-refractivity contribution in [3.8, 4) is 0 Å². The van der Waals surface area contributed by atoms with E-state index >= 15 is 0 Å². The number of methoxy groups -OCH3 is 1. The third-order valence-electron chi connectivity index (χ3n) is 6.69. The fourth-order valence-corrected chi connectivity index (χ4v) is 8.06. The van der Waals surface area contributed by atoms with Gasteiger partial charge in [-0.2, -0.15) is 0 Å². The highest BCUT2D eigenvalue weighted by atomic mass is 32.2. The zero-order valence-electron chi connectivity index (χ0n) is 14.5. The van der Waals surface area contributed by atoms with Gasteiger partial charge in [0.1, 0.15) is 4.21 Å². The fraction of sp³-hybridized carbons (Fsp3) is 0.778. The van der Waals surface area contributed by atoms with Crippen LogP contribution in [0.1, 0.15) is 43.9 Å². The van der Waals surface area contributed by atoms with Gasteiger partial charge >= 0.3 is 0 Å². The molecule has 1 aromatic rings. The third-order valence-corrected chi connectivity index (χ3v) is 9.81. The van der Waals surface area contributed by atoms with Crippen LogP contribution in [0.3, 0.4) is 0 Å². The van der Waals surface area contributed by atoms with Gasteiger partial charge in [0, 0.05) is 18.5 Å². The topological polar surface area (TPSA) is 55.4 Å². The Balaban J connectivity index is 1.53. The first kappa shape index (κ1) is 17.0. The van der Waals surface area contributed by atoms with Crippen LogP contribution in [0.15, 0.2) is 16.3 Å². The summed E-state index contributed by atoms with van der Waals surface area (Å²) >= 11 is 1.37. The molecule has 0 amide bonds. The molecule has 4 fully saturated rings. The van der Waals surface area contributed by atoms with Crippen molar-refractivity contribution in [2.24, 2.45) is 23.7 Å². The van der Waals surface area contributed by atoms with E-state index in [-0.39, 0.29) is 5.60 Å². The molecule has 0 spiro atoms. The Kier molecular flexibility index (Phi) is 4.31. The van der Waals surface area contributed by atoms with E-state index < -0.39 is 10.0 Å². The molecule has 0 atom stereocenters. The van der Waals surface area contributed by atoms with E-state index in [9.17, 15) is 8.42 Å². The van der Waals surface area contributed by atoms with Crippen molar-refractivity contribution in [1.29, 1.82) is 0 Å².